The van der Waals surface area contributed by atoms with E-state index in [0.29, 0.717) is 10.9 Å². The van der Waals surface area contributed by atoms with Crippen molar-refractivity contribution in [1.82, 2.24) is 4.98 Å². The number of aromatic nitrogens is 1. The van der Waals surface area contributed by atoms with Crippen LogP contribution in [0.5, 0.6) is 0 Å². The minimum Gasteiger partial charge on any atom is -0.436 e. The molecule has 102 valence electrons. The van der Waals surface area contributed by atoms with Crippen LogP contribution in [0, 0.1) is 0 Å². The molecule has 0 aliphatic heterocycles. The van der Waals surface area contributed by atoms with Crippen LogP contribution in [0.2, 0.25) is 5.02 Å². The van der Waals surface area contributed by atoms with Crippen molar-refractivity contribution in [1.29, 1.82) is 0 Å². The fourth-order valence-electron chi connectivity index (χ4n) is 2.47. The van der Waals surface area contributed by atoms with E-state index in [4.69, 9.17) is 16.0 Å². The minimum absolute atomic E-state index is 0.607. The molecule has 0 spiro atoms. The van der Waals surface area contributed by atoms with Crippen molar-refractivity contribution in [2.24, 2.45) is 0 Å². The first-order chi connectivity index (χ1) is 10.2. The quantitative estimate of drug-likeness (QED) is 0.413. The zero-order valence-corrected chi connectivity index (χ0v) is 13.1. The Hall–Kier alpha value is -1.84. The van der Waals surface area contributed by atoms with E-state index in [1.165, 1.54) is 0 Å². The molecule has 0 aliphatic rings. The SMILES string of the molecule is Clc1ccc2oc(-c3cccc4c(Br)cccc34)nc2c1. The van der Waals surface area contributed by atoms with Crippen LogP contribution < -0.4 is 0 Å². The van der Waals surface area contributed by atoms with E-state index in [1.807, 2.05) is 36.4 Å². The van der Waals surface area contributed by atoms with Crippen molar-refractivity contribution < 1.29 is 4.42 Å². The van der Waals surface area contributed by atoms with E-state index in [0.717, 1.165) is 31.9 Å². The molecule has 4 aromatic rings. The molecule has 0 aliphatic carbocycles. The lowest BCUT2D eigenvalue weighted by atomic mass is 10.0. The summed E-state index contributed by atoms with van der Waals surface area (Å²) in [5, 5.41) is 2.89. The first kappa shape index (κ1) is 12.9. The van der Waals surface area contributed by atoms with Gasteiger partial charge in [0.2, 0.25) is 5.89 Å². The molecule has 1 heterocycles. The molecule has 0 unspecified atom stereocenters. The monoisotopic (exact) mass is 357 g/mol. The van der Waals surface area contributed by atoms with Crippen molar-refractivity contribution in [2.45, 2.75) is 0 Å². The van der Waals surface area contributed by atoms with Crippen molar-refractivity contribution in [3.8, 4) is 11.5 Å². The zero-order valence-electron chi connectivity index (χ0n) is 10.8. The Kier molecular flexibility index (Phi) is 2.98. The van der Waals surface area contributed by atoms with E-state index in [9.17, 15) is 0 Å². The highest BCUT2D eigenvalue weighted by Crippen LogP contribution is 2.33. The maximum Gasteiger partial charge on any atom is 0.227 e. The van der Waals surface area contributed by atoms with Crippen molar-refractivity contribution in [3.05, 3.63) is 64.1 Å². The van der Waals surface area contributed by atoms with Gasteiger partial charge in [0.15, 0.2) is 5.58 Å². The fourth-order valence-corrected chi connectivity index (χ4v) is 3.14. The third kappa shape index (κ3) is 2.13. The van der Waals surface area contributed by atoms with Gasteiger partial charge >= 0.3 is 0 Å². The molecule has 2 nitrogen and oxygen atoms in total. The van der Waals surface area contributed by atoms with Crippen molar-refractivity contribution in [3.63, 3.8) is 0 Å². The molecular weight excluding hydrogens is 350 g/mol. The van der Waals surface area contributed by atoms with Crippen LogP contribution in [-0.4, -0.2) is 4.98 Å². The van der Waals surface area contributed by atoms with Gasteiger partial charge in [0.25, 0.3) is 0 Å². The summed E-state index contributed by atoms with van der Waals surface area (Å²) in [6, 6.07) is 17.6. The van der Waals surface area contributed by atoms with Gasteiger partial charge in [0.05, 0.1) is 0 Å². The Morgan fingerprint density at radius 1 is 0.952 bits per heavy atom. The summed E-state index contributed by atoms with van der Waals surface area (Å²) in [5.74, 6) is 0.607. The highest BCUT2D eigenvalue weighted by molar-refractivity contribution is 9.10. The molecule has 4 rings (SSSR count). The Morgan fingerprint density at radius 3 is 2.67 bits per heavy atom. The molecule has 0 saturated carbocycles. The summed E-state index contributed by atoms with van der Waals surface area (Å²) < 4.78 is 6.93. The highest BCUT2D eigenvalue weighted by atomic mass is 79.9. The van der Waals surface area contributed by atoms with E-state index in [-0.39, 0.29) is 0 Å². The minimum atomic E-state index is 0.607. The van der Waals surface area contributed by atoms with Gasteiger partial charge in [-0.1, -0.05) is 51.8 Å². The number of nitrogens with zero attached hydrogens (tertiary/aromatic N) is 1. The molecular formula is C17H9BrClNO. The molecule has 3 aromatic carbocycles. The van der Waals surface area contributed by atoms with Gasteiger partial charge in [-0.2, -0.15) is 0 Å². The van der Waals surface area contributed by atoms with Crippen LogP contribution in [-0.2, 0) is 0 Å². The Morgan fingerprint density at radius 2 is 1.76 bits per heavy atom. The molecule has 4 heteroatoms. The molecule has 0 fully saturated rings. The Balaban J connectivity index is 2.02. The second-order valence-electron chi connectivity index (χ2n) is 4.77. The highest BCUT2D eigenvalue weighted by Gasteiger charge is 2.12. The molecule has 0 radical (unpaired) electrons. The summed E-state index contributed by atoms with van der Waals surface area (Å²) in [6.07, 6.45) is 0. The smallest absolute Gasteiger partial charge is 0.227 e. The first-order valence-electron chi connectivity index (χ1n) is 6.46. The lowest BCUT2D eigenvalue weighted by Gasteiger charge is -2.04. The maximum absolute atomic E-state index is 6.00. The van der Waals surface area contributed by atoms with Crippen LogP contribution >= 0.6 is 27.5 Å². The van der Waals surface area contributed by atoms with Crippen LogP contribution in [0.1, 0.15) is 0 Å². The normalized spacial score (nSPS) is 11.3. The van der Waals surface area contributed by atoms with E-state index < -0.39 is 0 Å². The molecule has 0 N–H and O–H groups in total. The van der Waals surface area contributed by atoms with Gasteiger partial charge in [-0.15, -0.1) is 0 Å². The molecule has 0 amide bonds. The lowest BCUT2D eigenvalue weighted by Crippen LogP contribution is -1.82. The average molecular weight is 359 g/mol. The van der Waals surface area contributed by atoms with Crippen LogP contribution in [0.3, 0.4) is 0 Å². The molecule has 1 aromatic heterocycles. The number of benzene rings is 3. The number of rotatable bonds is 1. The molecule has 21 heavy (non-hydrogen) atoms. The van der Waals surface area contributed by atoms with Gasteiger partial charge < -0.3 is 4.42 Å². The first-order valence-corrected chi connectivity index (χ1v) is 7.63. The van der Waals surface area contributed by atoms with Gasteiger partial charge in [0.1, 0.15) is 5.52 Å². The zero-order chi connectivity index (χ0) is 14.4. The third-order valence-electron chi connectivity index (χ3n) is 3.45. The largest absolute Gasteiger partial charge is 0.436 e. The predicted molar refractivity (Wildman–Crippen MR) is 89.7 cm³/mol. The second-order valence-corrected chi connectivity index (χ2v) is 6.06. The standard InChI is InChI=1S/C17H9BrClNO/c18-14-6-2-3-11-12(14)4-1-5-13(11)17-20-15-9-10(19)7-8-16(15)21-17/h1-9H. The van der Waals surface area contributed by atoms with Gasteiger partial charge in [-0.3, -0.25) is 0 Å². The number of hydrogen-bond acceptors (Lipinski definition) is 2. The van der Waals surface area contributed by atoms with Crippen molar-refractivity contribution >= 4 is 49.4 Å². The van der Waals surface area contributed by atoms with Crippen LogP contribution in [0.15, 0.2) is 63.5 Å². The number of fused-ring (bicyclic) bond motifs is 2. The van der Waals surface area contributed by atoms with E-state index >= 15 is 0 Å². The molecule has 0 bridgehead atoms. The van der Waals surface area contributed by atoms with Crippen LogP contribution in [0.4, 0.5) is 0 Å². The van der Waals surface area contributed by atoms with Gasteiger partial charge in [0, 0.05) is 15.1 Å². The average Bonchev–Trinajstić information content (AvgIpc) is 2.90. The Labute approximate surface area is 134 Å². The second kappa shape index (κ2) is 4.86. The topological polar surface area (TPSA) is 26.0 Å². The third-order valence-corrected chi connectivity index (χ3v) is 4.38. The van der Waals surface area contributed by atoms with Gasteiger partial charge in [-0.05, 0) is 41.1 Å². The lowest BCUT2D eigenvalue weighted by molar-refractivity contribution is 0.620. The Bertz CT molecular complexity index is 977. The summed E-state index contributed by atoms with van der Waals surface area (Å²) in [6.45, 7) is 0. The number of oxazole rings is 1. The predicted octanol–water partition coefficient (Wildman–Crippen LogP) is 6.06. The molecule has 0 atom stereocenters. The summed E-state index contributed by atoms with van der Waals surface area (Å²) >= 11 is 9.58. The summed E-state index contributed by atoms with van der Waals surface area (Å²) in [5.41, 5.74) is 2.48. The van der Waals surface area contributed by atoms with Crippen molar-refractivity contribution in [2.75, 3.05) is 0 Å². The fraction of sp³-hybridized carbons (Fsp3) is 0. The van der Waals surface area contributed by atoms with Crippen LogP contribution in [0.25, 0.3) is 33.3 Å². The summed E-state index contributed by atoms with van der Waals surface area (Å²) in [4.78, 5) is 4.56. The maximum atomic E-state index is 6.00. The van der Waals surface area contributed by atoms with E-state index in [1.54, 1.807) is 6.07 Å². The van der Waals surface area contributed by atoms with E-state index in [2.05, 4.69) is 33.0 Å². The number of hydrogen-bond donors (Lipinski definition) is 0. The summed E-state index contributed by atoms with van der Waals surface area (Å²) in [7, 11) is 0. The number of halogens is 2. The molecule has 0 saturated heterocycles. The van der Waals surface area contributed by atoms with Gasteiger partial charge in [-0.25, -0.2) is 4.98 Å².